The van der Waals surface area contributed by atoms with Crippen molar-refractivity contribution < 1.29 is 9.59 Å². The van der Waals surface area contributed by atoms with Gasteiger partial charge in [-0.25, -0.2) is 0 Å². The molecule has 2 saturated heterocycles. The van der Waals surface area contributed by atoms with Crippen molar-refractivity contribution in [1.29, 1.82) is 0 Å². The van der Waals surface area contributed by atoms with Gasteiger partial charge in [0.05, 0.1) is 11.9 Å². The maximum Gasteiger partial charge on any atom is 0.250 e. The fourth-order valence-corrected chi connectivity index (χ4v) is 2.87. The highest BCUT2D eigenvalue weighted by Gasteiger charge is 2.46. The lowest BCUT2D eigenvalue weighted by Crippen LogP contribution is -2.62. The van der Waals surface area contributed by atoms with E-state index >= 15 is 0 Å². The van der Waals surface area contributed by atoms with Crippen molar-refractivity contribution in [3.05, 3.63) is 12.4 Å². The second kappa shape index (κ2) is 3.83. The van der Waals surface area contributed by atoms with Crippen molar-refractivity contribution in [2.24, 2.45) is 7.05 Å². The number of amides is 2. The fourth-order valence-electron chi connectivity index (χ4n) is 2.87. The Morgan fingerprint density at radius 1 is 1.33 bits per heavy atom. The summed E-state index contributed by atoms with van der Waals surface area (Å²) in [6.45, 7) is 2.49. The second-order valence-corrected chi connectivity index (χ2v) is 4.95. The minimum Gasteiger partial charge on any atom is -0.329 e. The molecule has 0 saturated carbocycles. The number of carbonyl (C=O) groups is 2. The van der Waals surface area contributed by atoms with Crippen molar-refractivity contribution in [1.82, 2.24) is 14.7 Å². The van der Waals surface area contributed by atoms with Crippen LogP contribution in [0.3, 0.4) is 0 Å². The predicted octanol–water partition coefficient (Wildman–Crippen LogP) is 0.146. The zero-order valence-electron chi connectivity index (χ0n) is 10.5. The zero-order valence-corrected chi connectivity index (χ0v) is 10.5. The molecular formula is C12H16N4O2. The van der Waals surface area contributed by atoms with Crippen LogP contribution in [0.2, 0.25) is 0 Å². The molecule has 0 radical (unpaired) electrons. The molecule has 0 aliphatic carbocycles. The van der Waals surface area contributed by atoms with Crippen LogP contribution < -0.4 is 4.90 Å². The number of fused-ring (bicyclic) bond motifs is 1. The van der Waals surface area contributed by atoms with Crippen LogP contribution in [0.4, 0.5) is 5.69 Å². The number of hydrogen-bond acceptors (Lipinski definition) is 3. The van der Waals surface area contributed by atoms with E-state index in [0.29, 0.717) is 12.2 Å². The van der Waals surface area contributed by atoms with Gasteiger partial charge in [0.1, 0.15) is 12.1 Å². The summed E-state index contributed by atoms with van der Waals surface area (Å²) in [7, 11) is 1.80. The highest BCUT2D eigenvalue weighted by atomic mass is 16.2. The standard InChI is InChI=1S/C12H16N4O2/c1-8-11(17)15-5-3-4-10(15)12(18)16(8)9-6-13-14(2)7-9/h6-8,10H,3-5H2,1-2H3. The van der Waals surface area contributed by atoms with Gasteiger partial charge in [0.25, 0.3) is 5.91 Å². The van der Waals surface area contributed by atoms with Gasteiger partial charge in [0.15, 0.2) is 0 Å². The van der Waals surface area contributed by atoms with Gasteiger partial charge < -0.3 is 4.90 Å². The van der Waals surface area contributed by atoms with E-state index in [0.717, 1.165) is 12.8 Å². The average Bonchev–Trinajstić information content (AvgIpc) is 2.95. The van der Waals surface area contributed by atoms with E-state index in [1.54, 1.807) is 40.8 Å². The Kier molecular flexibility index (Phi) is 2.39. The lowest BCUT2D eigenvalue weighted by Gasteiger charge is -2.40. The van der Waals surface area contributed by atoms with Gasteiger partial charge in [-0.1, -0.05) is 0 Å². The van der Waals surface area contributed by atoms with E-state index < -0.39 is 6.04 Å². The summed E-state index contributed by atoms with van der Waals surface area (Å²) in [5.74, 6) is 0.0635. The van der Waals surface area contributed by atoms with Gasteiger partial charge in [-0.15, -0.1) is 0 Å². The van der Waals surface area contributed by atoms with Gasteiger partial charge in [-0.3, -0.25) is 19.2 Å². The molecule has 3 rings (SSSR count). The molecule has 2 aliphatic heterocycles. The molecule has 96 valence electrons. The lowest BCUT2D eigenvalue weighted by molar-refractivity contribution is -0.143. The molecule has 2 unspecified atom stereocenters. The summed E-state index contributed by atoms with van der Waals surface area (Å²) in [6, 6.07) is -0.704. The van der Waals surface area contributed by atoms with Crippen LogP contribution in [0.1, 0.15) is 19.8 Å². The Hall–Kier alpha value is -1.85. The molecule has 0 bridgehead atoms. The smallest absolute Gasteiger partial charge is 0.250 e. The van der Waals surface area contributed by atoms with E-state index in [2.05, 4.69) is 5.10 Å². The molecule has 2 aliphatic rings. The first-order chi connectivity index (χ1) is 8.59. The Bertz CT molecular complexity index is 510. The number of hydrogen-bond donors (Lipinski definition) is 0. The molecule has 6 nitrogen and oxygen atoms in total. The molecule has 6 heteroatoms. The second-order valence-electron chi connectivity index (χ2n) is 4.95. The summed E-state index contributed by atoms with van der Waals surface area (Å²) in [5.41, 5.74) is 0.704. The van der Waals surface area contributed by atoms with Gasteiger partial charge >= 0.3 is 0 Å². The highest BCUT2D eigenvalue weighted by molar-refractivity contribution is 6.08. The van der Waals surface area contributed by atoms with Crippen molar-refractivity contribution in [2.75, 3.05) is 11.4 Å². The Morgan fingerprint density at radius 2 is 2.11 bits per heavy atom. The first-order valence-electron chi connectivity index (χ1n) is 6.22. The number of aryl methyl sites for hydroxylation is 1. The molecule has 2 amide bonds. The first-order valence-corrected chi connectivity index (χ1v) is 6.22. The van der Waals surface area contributed by atoms with Gasteiger partial charge in [-0.05, 0) is 19.8 Å². The SMILES string of the molecule is CC1C(=O)N2CCCC2C(=O)N1c1cnn(C)c1. The topological polar surface area (TPSA) is 58.4 Å². The van der Waals surface area contributed by atoms with Crippen LogP contribution in [0.25, 0.3) is 0 Å². The number of carbonyl (C=O) groups excluding carboxylic acids is 2. The van der Waals surface area contributed by atoms with Crippen LogP contribution in [-0.4, -0.2) is 45.1 Å². The van der Waals surface area contributed by atoms with E-state index in [-0.39, 0.29) is 17.9 Å². The third kappa shape index (κ3) is 1.45. The third-order valence-corrected chi connectivity index (χ3v) is 3.77. The van der Waals surface area contributed by atoms with Crippen LogP contribution in [-0.2, 0) is 16.6 Å². The van der Waals surface area contributed by atoms with Crippen molar-refractivity contribution in [2.45, 2.75) is 31.8 Å². The lowest BCUT2D eigenvalue weighted by atomic mass is 10.1. The average molecular weight is 248 g/mol. The van der Waals surface area contributed by atoms with Gasteiger partial charge in [0.2, 0.25) is 5.91 Å². The summed E-state index contributed by atoms with van der Waals surface area (Å²) in [4.78, 5) is 28.0. The van der Waals surface area contributed by atoms with Gasteiger partial charge in [0, 0.05) is 19.8 Å². The molecule has 0 spiro atoms. The van der Waals surface area contributed by atoms with Crippen LogP contribution in [0.5, 0.6) is 0 Å². The van der Waals surface area contributed by atoms with Crippen LogP contribution >= 0.6 is 0 Å². The minimum absolute atomic E-state index is 0.0209. The molecule has 1 aromatic heterocycles. The zero-order chi connectivity index (χ0) is 12.9. The maximum absolute atomic E-state index is 12.5. The molecule has 0 N–H and O–H groups in total. The van der Waals surface area contributed by atoms with Crippen molar-refractivity contribution in [3.8, 4) is 0 Å². The number of rotatable bonds is 1. The monoisotopic (exact) mass is 248 g/mol. The number of nitrogens with zero attached hydrogens (tertiary/aromatic N) is 4. The number of aromatic nitrogens is 2. The Labute approximate surface area is 105 Å². The number of anilines is 1. The first kappa shape index (κ1) is 11.3. The summed E-state index contributed by atoms with van der Waals surface area (Å²) < 4.78 is 1.64. The van der Waals surface area contributed by atoms with Crippen LogP contribution in [0, 0.1) is 0 Å². The predicted molar refractivity (Wildman–Crippen MR) is 64.9 cm³/mol. The number of piperazine rings is 1. The fraction of sp³-hybridized carbons (Fsp3) is 0.583. The van der Waals surface area contributed by atoms with E-state index in [1.165, 1.54) is 0 Å². The molecule has 3 heterocycles. The van der Waals surface area contributed by atoms with Crippen LogP contribution in [0.15, 0.2) is 12.4 Å². The Morgan fingerprint density at radius 3 is 2.78 bits per heavy atom. The third-order valence-electron chi connectivity index (χ3n) is 3.77. The van der Waals surface area contributed by atoms with E-state index in [1.807, 2.05) is 0 Å². The van der Waals surface area contributed by atoms with Crippen molar-refractivity contribution in [3.63, 3.8) is 0 Å². The molecule has 2 atom stereocenters. The quantitative estimate of drug-likeness (QED) is 0.710. The molecule has 2 fully saturated rings. The molecule has 0 aromatic carbocycles. The van der Waals surface area contributed by atoms with Crippen molar-refractivity contribution >= 4 is 17.5 Å². The maximum atomic E-state index is 12.5. The highest BCUT2D eigenvalue weighted by Crippen LogP contribution is 2.30. The molecule has 18 heavy (non-hydrogen) atoms. The van der Waals surface area contributed by atoms with E-state index in [4.69, 9.17) is 0 Å². The normalized spacial score (nSPS) is 27.9. The largest absolute Gasteiger partial charge is 0.329 e. The minimum atomic E-state index is -0.434. The summed E-state index contributed by atoms with van der Waals surface area (Å²) >= 11 is 0. The summed E-state index contributed by atoms with van der Waals surface area (Å²) in [6.07, 6.45) is 5.09. The van der Waals surface area contributed by atoms with E-state index in [9.17, 15) is 9.59 Å². The molecular weight excluding hydrogens is 232 g/mol. The molecule has 1 aromatic rings. The van der Waals surface area contributed by atoms with Gasteiger partial charge in [-0.2, -0.15) is 5.10 Å². The summed E-state index contributed by atoms with van der Waals surface area (Å²) in [5, 5.41) is 4.07. The Balaban J connectivity index is 1.98.